The summed E-state index contributed by atoms with van der Waals surface area (Å²) in [6.45, 7) is 14.4. The van der Waals surface area contributed by atoms with E-state index in [4.69, 9.17) is 14.2 Å². The number of hydrogen-bond acceptors (Lipinski definition) is 8. The second-order valence-electron chi connectivity index (χ2n) is 10.4. The number of nitrogens with one attached hydrogen (secondary N) is 2. The van der Waals surface area contributed by atoms with Gasteiger partial charge in [-0.1, -0.05) is 27.7 Å². The number of carbonyl (C=O) groups excluding carboxylic acids is 2. The van der Waals surface area contributed by atoms with Gasteiger partial charge in [0.25, 0.3) is 0 Å². The summed E-state index contributed by atoms with van der Waals surface area (Å²) >= 11 is 0. The van der Waals surface area contributed by atoms with E-state index in [1.54, 1.807) is 18.3 Å². The summed E-state index contributed by atoms with van der Waals surface area (Å²) < 4.78 is 17.1. The van der Waals surface area contributed by atoms with E-state index in [0.717, 1.165) is 37.1 Å². The molecule has 0 spiro atoms. The van der Waals surface area contributed by atoms with Gasteiger partial charge in [-0.25, -0.2) is 4.98 Å². The molecule has 0 aliphatic heterocycles. The first-order chi connectivity index (χ1) is 18.7. The van der Waals surface area contributed by atoms with Crippen LogP contribution in [0.25, 0.3) is 0 Å². The fourth-order valence-electron chi connectivity index (χ4n) is 3.79. The second-order valence-corrected chi connectivity index (χ2v) is 10.4. The molecule has 8 heteroatoms. The Balaban J connectivity index is 1.65. The second kappa shape index (κ2) is 17.6. The maximum Gasteiger partial charge on any atom is 0.213 e. The average Bonchev–Trinajstić information content (AvgIpc) is 2.93. The molecule has 0 aliphatic rings. The number of ketones is 2. The Morgan fingerprint density at radius 3 is 2.26 bits per heavy atom. The van der Waals surface area contributed by atoms with Gasteiger partial charge in [-0.3, -0.25) is 9.59 Å². The standard InChI is InChI=1S/C31H47N3O5/c1-7-27(35)21-38-29-15-16-30(34-20-29)39-25(6)19-33-24(5)10-9-23(4)31(36)26-11-13-28(14-12-26)37-18-8-17-32-22(2)3/h11-16,20,22-25,32-33H,7-10,17-19,21H2,1-6H3/t23?,24?,25-/m1/s1. The van der Waals surface area contributed by atoms with Crippen LogP contribution in [0.15, 0.2) is 42.6 Å². The molecule has 1 aromatic heterocycles. The highest BCUT2D eigenvalue weighted by Gasteiger charge is 2.17. The molecular formula is C31H47N3O5. The summed E-state index contributed by atoms with van der Waals surface area (Å²) in [7, 11) is 0. The van der Waals surface area contributed by atoms with Crippen LogP contribution in [0.1, 0.15) is 77.6 Å². The number of benzene rings is 1. The van der Waals surface area contributed by atoms with Gasteiger partial charge in [0, 0.05) is 42.6 Å². The normalized spacial score (nSPS) is 13.5. The molecule has 0 fully saturated rings. The van der Waals surface area contributed by atoms with Crippen LogP contribution in [0.4, 0.5) is 0 Å². The first-order valence-electron chi connectivity index (χ1n) is 14.2. The molecule has 2 unspecified atom stereocenters. The minimum absolute atomic E-state index is 0.0449. The predicted molar refractivity (Wildman–Crippen MR) is 155 cm³/mol. The van der Waals surface area contributed by atoms with Gasteiger partial charge in [-0.15, -0.1) is 0 Å². The first-order valence-corrected chi connectivity index (χ1v) is 14.2. The zero-order chi connectivity index (χ0) is 28.6. The molecule has 0 saturated carbocycles. The van der Waals surface area contributed by atoms with E-state index in [0.29, 0.717) is 37.2 Å². The maximum atomic E-state index is 12.9. The summed E-state index contributed by atoms with van der Waals surface area (Å²) in [5.74, 6) is 1.98. The van der Waals surface area contributed by atoms with E-state index in [2.05, 4.69) is 36.4 Å². The minimum atomic E-state index is -0.0837. The van der Waals surface area contributed by atoms with Gasteiger partial charge in [0.05, 0.1) is 12.8 Å². The molecule has 0 saturated heterocycles. The molecule has 216 valence electrons. The number of nitrogens with zero attached hydrogens (tertiary/aromatic N) is 1. The fraction of sp³-hybridized carbons (Fsp3) is 0.581. The van der Waals surface area contributed by atoms with E-state index in [9.17, 15) is 9.59 Å². The smallest absolute Gasteiger partial charge is 0.213 e. The Labute approximate surface area is 234 Å². The zero-order valence-corrected chi connectivity index (χ0v) is 24.5. The van der Waals surface area contributed by atoms with Gasteiger partial charge in [0.1, 0.15) is 24.2 Å². The van der Waals surface area contributed by atoms with Gasteiger partial charge in [0.15, 0.2) is 11.6 Å². The van der Waals surface area contributed by atoms with E-state index >= 15 is 0 Å². The Morgan fingerprint density at radius 2 is 1.62 bits per heavy atom. The largest absolute Gasteiger partial charge is 0.494 e. The molecule has 3 atom stereocenters. The van der Waals surface area contributed by atoms with Crippen molar-refractivity contribution < 1.29 is 23.8 Å². The molecule has 0 aliphatic carbocycles. The molecule has 1 aromatic carbocycles. The van der Waals surface area contributed by atoms with Crippen molar-refractivity contribution in [3.63, 3.8) is 0 Å². The first kappa shape index (κ1) is 32.2. The Hall–Kier alpha value is -2.97. The van der Waals surface area contributed by atoms with Crippen LogP contribution in [0.5, 0.6) is 17.4 Å². The number of ether oxygens (including phenoxy) is 3. The SMILES string of the molecule is CCC(=O)COc1ccc(O[C@H](C)CNC(C)CCC(C)C(=O)c2ccc(OCCCNC(C)C)cc2)nc1. The Kier molecular flexibility index (Phi) is 14.5. The molecule has 2 aromatic rings. The van der Waals surface area contributed by atoms with Gasteiger partial charge in [-0.05, 0) is 70.0 Å². The van der Waals surface area contributed by atoms with Crippen molar-refractivity contribution in [1.82, 2.24) is 15.6 Å². The monoisotopic (exact) mass is 541 g/mol. The van der Waals surface area contributed by atoms with Gasteiger partial charge >= 0.3 is 0 Å². The molecule has 39 heavy (non-hydrogen) atoms. The van der Waals surface area contributed by atoms with Crippen molar-refractivity contribution in [3.05, 3.63) is 48.2 Å². The minimum Gasteiger partial charge on any atom is -0.494 e. The quantitative estimate of drug-likeness (QED) is 0.173. The number of carbonyl (C=O) groups is 2. The summed E-state index contributed by atoms with van der Waals surface area (Å²) in [4.78, 5) is 28.5. The molecule has 1 heterocycles. The van der Waals surface area contributed by atoms with Gasteiger partial charge in [0.2, 0.25) is 5.88 Å². The number of Topliss-reactive ketones (excluding diaryl/α,β-unsaturated/α-hetero) is 2. The highest BCUT2D eigenvalue weighted by atomic mass is 16.5. The Morgan fingerprint density at radius 1 is 0.897 bits per heavy atom. The van der Waals surface area contributed by atoms with Crippen LogP contribution in [0.3, 0.4) is 0 Å². The summed E-state index contributed by atoms with van der Waals surface area (Å²) in [5.41, 5.74) is 0.722. The molecule has 0 amide bonds. The molecule has 2 rings (SSSR count). The molecule has 2 N–H and O–H groups in total. The van der Waals surface area contributed by atoms with Crippen LogP contribution in [-0.2, 0) is 4.79 Å². The number of pyridine rings is 1. The topological polar surface area (TPSA) is 98.8 Å². The summed E-state index contributed by atoms with van der Waals surface area (Å²) in [5, 5.41) is 6.85. The van der Waals surface area contributed by atoms with E-state index in [1.807, 2.05) is 45.0 Å². The lowest BCUT2D eigenvalue weighted by Gasteiger charge is -2.20. The van der Waals surface area contributed by atoms with Crippen LogP contribution >= 0.6 is 0 Å². The van der Waals surface area contributed by atoms with E-state index < -0.39 is 0 Å². The van der Waals surface area contributed by atoms with Crippen LogP contribution in [0.2, 0.25) is 0 Å². The van der Waals surface area contributed by atoms with E-state index in [1.165, 1.54) is 0 Å². The van der Waals surface area contributed by atoms with Gasteiger partial charge < -0.3 is 24.8 Å². The van der Waals surface area contributed by atoms with Crippen LogP contribution < -0.4 is 24.8 Å². The lowest BCUT2D eigenvalue weighted by molar-refractivity contribution is -0.120. The van der Waals surface area contributed by atoms with Crippen molar-refractivity contribution in [1.29, 1.82) is 0 Å². The Bertz CT molecular complexity index is 979. The molecular weight excluding hydrogens is 494 g/mol. The fourth-order valence-corrected chi connectivity index (χ4v) is 3.79. The predicted octanol–water partition coefficient (Wildman–Crippen LogP) is 5.25. The third-order valence-corrected chi connectivity index (χ3v) is 6.34. The molecule has 0 bridgehead atoms. The van der Waals surface area contributed by atoms with Crippen LogP contribution in [0, 0.1) is 5.92 Å². The maximum absolute atomic E-state index is 12.9. The lowest BCUT2D eigenvalue weighted by atomic mass is 9.93. The third kappa shape index (κ3) is 13.1. The highest BCUT2D eigenvalue weighted by Crippen LogP contribution is 2.19. The van der Waals surface area contributed by atoms with Crippen molar-refractivity contribution in [2.75, 3.05) is 26.3 Å². The average molecular weight is 542 g/mol. The van der Waals surface area contributed by atoms with Crippen molar-refractivity contribution in [2.24, 2.45) is 5.92 Å². The number of hydrogen-bond donors (Lipinski definition) is 2. The van der Waals surface area contributed by atoms with E-state index in [-0.39, 0.29) is 36.2 Å². The highest BCUT2D eigenvalue weighted by molar-refractivity contribution is 5.97. The lowest BCUT2D eigenvalue weighted by Crippen LogP contribution is -2.35. The third-order valence-electron chi connectivity index (χ3n) is 6.34. The molecule has 0 radical (unpaired) electrons. The zero-order valence-electron chi connectivity index (χ0n) is 24.5. The van der Waals surface area contributed by atoms with Gasteiger partial charge in [-0.2, -0.15) is 0 Å². The summed E-state index contributed by atoms with van der Waals surface area (Å²) in [6, 6.07) is 11.7. The summed E-state index contributed by atoms with van der Waals surface area (Å²) in [6.07, 6.45) is 4.55. The number of aromatic nitrogens is 1. The molecule has 8 nitrogen and oxygen atoms in total. The van der Waals surface area contributed by atoms with Crippen molar-refractivity contribution >= 4 is 11.6 Å². The van der Waals surface area contributed by atoms with Crippen molar-refractivity contribution in [3.8, 4) is 17.4 Å². The van der Waals surface area contributed by atoms with Crippen molar-refractivity contribution in [2.45, 2.75) is 85.4 Å². The van der Waals surface area contributed by atoms with Crippen LogP contribution in [-0.4, -0.2) is 61.0 Å². The number of rotatable bonds is 20.